The van der Waals surface area contributed by atoms with E-state index in [4.69, 9.17) is 33.8 Å². The number of benzene rings is 1. The Morgan fingerprint density at radius 2 is 1.95 bits per heavy atom. The monoisotopic (exact) mass is 318 g/mol. The van der Waals surface area contributed by atoms with E-state index in [0.29, 0.717) is 23.1 Å². The molecule has 3 nitrogen and oxygen atoms in total. The maximum atomic E-state index is 6.23. The van der Waals surface area contributed by atoms with Gasteiger partial charge in [-0.3, -0.25) is 11.3 Å². The number of hydrazine groups is 1. The van der Waals surface area contributed by atoms with E-state index in [0.717, 1.165) is 5.56 Å². The van der Waals surface area contributed by atoms with Crippen LogP contribution in [0.3, 0.4) is 0 Å². The topological polar surface area (TPSA) is 47.3 Å². The number of nitrogens with two attached hydrogens (primary N) is 1. The third kappa shape index (κ3) is 4.90. The van der Waals surface area contributed by atoms with Crippen LogP contribution in [-0.2, 0) is 11.2 Å². The second-order valence-corrected chi connectivity index (χ2v) is 6.80. The lowest BCUT2D eigenvalue weighted by molar-refractivity contribution is -0.0356. The second-order valence-electron chi connectivity index (χ2n) is 5.95. The predicted octanol–water partition coefficient (Wildman–Crippen LogP) is 3.82. The number of hydrogen-bond acceptors (Lipinski definition) is 3. The molecule has 114 valence electrons. The highest BCUT2D eigenvalue weighted by molar-refractivity contribution is 6.33. The van der Waals surface area contributed by atoms with Crippen LogP contribution in [0.2, 0.25) is 10.0 Å². The predicted molar refractivity (Wildman–Crippen MR) is 86.1 cm³/mol. The lowest BCUT2D eigenvalue weighted by Gasteiger charge is -2.36. The van der Waals surface area contributed by atoms with Crippen LogP contribution >= 0.6 is 23.2 Å². The van der Waals surface area contributed by atoms with Gasteiger partial charge < -0.3 is 4.74 Å². The lowest BCUT2D eigenvalue weighted by atomic mass is 9.82. The third-order valence-electron chi connectivity index (χ3n) is 3.23. The van der Waals surface area contributed by atoms with E-state index in [9.17, 15) is 0 Å². The van der Waals surface area contributed by atoms with E-state index >= 15 is 0 Å². The number of ether oxygens (including phenoxy) is 1. The molecule has 2 atom stereocenters. The Balaban J connectivity index is 2.97. The molecular weight excluding hydrogens is 295 g/mol. The van der Waals surface area contributed by atoms with Crippen molar-refractivity contribution >= 4 is 23.2 Å². The van der Waals surface area contributed by atoms with Crippen LogP contribution in [0.25, 0.3) is 0 Å². The molecule has 5 heteroatoms. The van der Waals surface area contributed by atoms with Crippen molar-refractivity contribution in [3.05, 3.63) is 33.8 Å². The summed E-state index contributed by atoms with van der Waals surface area (Å²) in [5.41, 5.74) is 3.80. The molecule has 20 heavy (non-hydrogen) atoms. The minimum Gasteiger partial charge on any atom is -0.376 e. The van der Waals surface area contributed by atoms with Gasteiger partial charge in [0, 0.05) is 16.7 Å². The van der Waals surface area contributed by atoms with Crippen LogP contribution in [0.1, 0.15) is 33.3 Å². The van der Waals surface area contributed by atoms with E-state index < -0.39 is 0 Å². The SMILES string of the molecule is CCOC(C(Cc1cc(Cl)ccc1Cl)NN)C(C)(C)C. The first-order valence-corrected chi connectivity index (χ1v) is 7.56. The van der Waals surface area contributed by atoms with Crippen LogP contribution < -0.4 is 11.3 Å². The highest BCUT2D eigenvalue weighted by atomic mass is 35.5. The maximum absolute atomic E-state index is 6.23. The molecule has 0 radical (unpaired) electrons. The average molecular weight is 319 g/mol. The largest absolute Gasteiger partial charge is 0.376 e. The molecule has 0 spiro atoms. The standard InChI is InChI=1S/C15H24Cl2N2O/c1-5-20-14(15(2,3)4)13(19-18)9-10-8-11(16)6-7-12(10)17/h6-8,13-14,19H,5,9,18H2,1-4H3. The van der Waals surface area contributed by atoms with E-state index in [1.54, 1.807) is 12.1 Å². The van der Waals surface area contributed by atoms with Crippen LogP contribution in [0.5, 0.6) is 0 Å². The molecule has 0 bridgehead atoms. The Labute approximate surface area is 131 Å². The summed E-state index contributed by atoms with van der Waals surface area (Å²) in [7, 11) is 0. The van der Waals surface area contributed by atoms with Crippen molar-refractivity contribution in [1.82, 2.24) is 5.43 Å². The summed E-state index contributed by atoms with van der Waals surface area (Å²) < 4.78 is 5.88. The number of nitrogens with one attached hydrogen (secondary N) is 1. The van der Waals surface area contributed by atoms with Gasteiger partial charge in [-0.25, -0.2) is 0 Å². The minimum atomic E-state index is -0.0362. The van der Waals surface area contributed by atoms with Crippen LogP contribution in [0.15, 0.2) is 18.2 Å². The van der Waals surface area contributed by atoms with Gasteiger partial charge in [0.15, 0.2) is 0 Å². The Kier molecular flexibility index (Phi) is 6.76. The zero-order chi connectivity index (χ0) is 15.3. The minimum absolute atomic E-state index is 0.0208. The first-order valence-electron chi connectivity index (χ1n) is 6.81. The molecular formula is C15H24Cl2N2O. The first-order chi connectivity index (χ1) is 9.29. The maximum Gasteiger partial charge on any atom is 0.0792 e. The molecule has 0 aliphatic carbocycles. The van der Waals surface area contributed by atoms with Crippen molar-refractivity contribution < 1.29 is 4.74 Å². The molecule has 1 aromatic rings. The zero-order valence-electron chi connectivity index (χ0n) is 12.5. The first kappa shape index (κ1) is 17.7. The lowest BCUT2D eigenvalue weighted by Crippen LogP contribution is -2.52. The Bertz CT molecular complexity index is 432. The van der Waals surface area contributed by atoms with E-state index in [1.807, 2.05) is 13.0 Å². The molecule has 0 heterocycles. The second kappa shape index (κ2) is 7.62. The summed E-state index contributed by atoms with van der Waals surface area (Å²) >= 11 is 12.3. The van der Waals surface area contributed by atoms with Crippen molar-refractivity contribution in [3.8, 4) is 0 Å². The molecule has 1 aromatic carbocycles. The van der Waals surface area contributed by atoms with E-state index in [-0.39, 0.29) is 17.6 Å². The van der Waals surface area contributed by atoms with Crippen LogP contribution in [0, 0.1) is 5.41 Å². The van der Waals surface area contributed by atoms with Crippen LogP contribution in [0.4, 0.5) is 0 Å². The van der Waals surface area contributed by atoms with Gasteiger partial charge in [0.2, 0.25) is 0 Å². The summed E-state index contributed by atoms with van der Waals surface area (Å²) in [5, 5.41) is 1.36. The third-order valence-corrected chi connectivity index (χ3v) is 3.83. The molecule has 0 amide bonds. The van der Waals surface area contributed by atoms with Crippen molar-refractivity contribution in [2.45, 2.75) is 46.3 Å². The van der Waals surface area contributed by atoms with Gasteiger partial charge in [-0.15, -0.1) is 0 Å². The van der Waals surface area contributed by atoms with E-state index in [2.05, 4.69) is 26.2 Å². The highest BCUT2D eigenvalue weighted by Gasteiger charge is 2.32. The summed E-state index contributed by atoms with van der Waals surface area (Å²) in [6.45, 7) is 9.04. The molecule has 0 aromatic heterocycles. The molecule has 0 saturated heterocycles. The molecule has 3 N–H and O–H groups in total. The van der Waals surface area contributed by atoms with Gasteiger partial charge in [0.25, 0.3) is 0 Å². The normalized spacial score (nSPS) is 15.2. The fourth-order valence-electron chi connectivity index (χ4n) is 2.34. The van der Waals surface area contributed by atoms with Gasteiger partial charge in [0.05, 0.1) is 12.1 Å². The fraction of sp³-hybridized carbons (Fsp3) is 0.600. The average Bonchev–Trinajstić information content (AvgIpc) is 2.36. The molecule has 0 saturated carbocycles. The van der Waals surface area contributed by atoms with Gasteiger partial charge in [-0.05, 0) is 42.5 Å². The van der Waals surface area contributed by atoms with E-state index in [1.165, 1.54) is 0 Å². The number of halogens is 2. The number of hydrogen-bond donors (Lipinski definition) is 2. The van der Waals surface area contributed by atoms with Crippen LogP contribution in [-0.4, -0.2) is 18.8 Å². The van der Waals surface area contributed by atoms with Crippen molar-refractivity contribution in [2.75, 3.05) is 6.61 Å². The molecule has 0 fully saturated rings. The van der Waals surface area contributed by atoms with Crippen molar-refractivity contribution in [3.63, 3.8) is 0 Å². The molecule has 0 aliphatic rings. The quantitative estimate of drug-likeness (QED) is 0.619. The Morgan fingerprint density at radius 1 is 1.30 bits per heavy atom. The summed E-state index contributed by atoms with van der Waals surface area (Å²) in [5.74, 6) is 5.73. The number of rotatable bonds is 6. The zero-order valence-corrected chi connectivity index (χ0v) is 14.1. The summed E-state index contributed by atoms with van der Waals surface area (Å²) in [6.07, 6.45) is 0.644. The van der Waals surface area contributed by atoms with Crippen molar-refractivity contribution in [2.24, 2.45) is 11.3 Å². The Morgan fingerprint density at radius 3 is 2.45 bits per heavy atom. The summed E-state index contributed by atoms with van der Waals surface area (Å²) in [4.78, 5) is 0. The van der Waals surface area contributed by atoms with Gasteiger partial charge in [0.1, 0.15) is 0 Å². The molecule has 2 unspecified atom stereocenters. The van der Waals surface area contributed by atoms with Crippen molar-refractivity contribution in [1.29, 1.82) is 0 Å². The van der Waals surface area contributed by atoms with Gasteiger partial charge in [-0.1, -0.05) is 44.0 Å². The fourth-order valence-corrected chi connectivity index (χ4v) is 2.73. The summed E-state index contributed by atoms with van der Waals surface area (Å²) in [6, 6.07) is 5.42. The highest BCUT2D eigenvalue weighted by Crippen LogP contribution is 2.29. The molecule has 0 aliphatic heterocycles. The van der Waals surface area contributed by atoms with Gasteiger partial charge in [-0.2, -0.15) is 0 Å². The Hall–Kier alpha value is -0.320. The van der Waals surface area contributed by atoms with Gasteiger partial charge >= 0.3 is 0 Å². The smallest absolute Gasteiger partial charge is 0.0792 e. The molecule has 1 rings (SSSR count).